The summed E-state index contributed by atoms with van der Waals surface area (Å²) in [7, 11) is -3.57. The first kappa shape index (κ1) is 12.3. The topological polar surface area (TPSA) is 85.1 Å². The molecule has 0 aromatic carbocycles. The first-order valence-corrected chi connectivity index (χ1v) is 7.61. The summed E-state index contributed by atoms with van der Waals surface area (Å²) < 4.78 is 27.1. The van der Waals surface area contributed by atoms with Crippen LogP contribution in [0.15, 0.2) is 38.5 Å². The van der Waals surface area contributed by atoms with Gasteiger partial charge in [-0.3, -0.25) is 4.72 Å². The fraction of sp³-hybridized carbons (Fsp3) is 0. The highest BCUT2D eigenvalue weighted by molar-refractivity contribution is 9.10. The zero-order valence-electron chi connectivity index (χ0n) is 8.42. The molecule has 2 rings (SSSR count). The van der Waals surface area contributed by atoms with Crippen LogP contribution >= 0.6 is 27.3 Å². The summed E-state index contributed by atoms with van der Waals surface area (Å²) in [4.78, 5) is 3.87. The molecule has 2 heterocycles. The van der Waals surface area contributed by atoms with Crippen molar-refractivity contribution in [2.75, 3.05) is 10.5 Å². The van der Waals surface area contributed by atoms with Crippen LogP contribution in [0.3, 0.4) is 0 Å². The Morgan fingerprint density at radius 1 is 1.41 bits per heavy atom. The van der Waals surface area contributed by atoms with Crippen LogP contribution in [0, 0.1) is 0 Å². The number of aromatic nitrogens is 1. The fourth-order valence-electron chi connectivity index (χ4n) is 1.09. The number of sulfonamides is 1. The molecule has 0 aliphatic carbocycles. The molecule has 0 radical (unpaired) electrons. The van der Waals surface area contributed by atoms with Crippen molar-refractivity contribution >= 4 is 48.8 Å². The van der Waals surface area contributed by atoms with E-state index in [4.69, 9.17) is 5.73 Å². The monoisotopic (exact) mass is 333 g/mol. The van der Waals surface area contributed by atoms with Crippen molar-refractivity contribution in [2.45, 2.75) is 4.21 Å². The van der Waals surface area contributed by atoms with Gasteiger partial charge in [-0.1, -0.05) is 0 Å². The highest BCUT2D eigenvalue weighted by Gasteiger charge is 2.16. The van der Waals surface area contributed by atoms with Crippen molar-refractivity contribution in [3.8, 4) is 0 Å². The Kier molecular flexibility index (Phi) is 3.36. The molecule has 0 spiro atoms. The number of pyridine rings is 1. The summed E-state index contributed by atoms with van der Waals surface area (Å²) in [5.74, 6) is 0.240. The predicted octanol–water partition coefficient (Wildman–Crippen LogP) is 2.29. The van der Waals surface area contributed by atoms with Crippen LogP contribution < -0.4 is 10.5 Å². The van der Waals surface area contributed by atoms with E-state index >= 15 is 0 Å². The molecule has 8 heteroatoms. The standard InChI is InChI=1S/C9H8BrN3O2S2/c10-6-3-9(16-5-6)17(14,15)13-8-2-1-7(11)4-12-8/h1-5H,11H2,(H,12,13). The van der Waals surface area contributed by atoms with E-state index in [0.717, 1.165) is 15.8 Å². The zero-order chi connectivity index (χ0) is 12.5. The van der Waals surface area contributed by atoms with Gasteiger partial charge < -0.3 is 5.73 Å². The third-order valence-corrected chi connectivity index (χ3v) is 5.39. The normalized spacial score (nSPS) is 11.4. The lowest BCUT2D eigenvalue weighted by molar-refractivity contribution is 0.603. The van der Waals surface area contributed by atoms with Gasteiger partial charge in [-0.2, -0.15) is 0 Å². The molecule has 2 aromatic heterocycles. The molecular formula is C9H8BrN3O2S2. The SMILES string of the molecule is Nc1ccc(NS(=O)(=O)c2cc(Br)cs2)nc1. The van der Waals surface area contributed by atoms with Crippen LogP contribution in [0.25, 0.3) is 0 Å². The minimum Gasteiger partial charge on any atom is -0.397 e. The number of nitrogens with zero attached hydrogens (tertiary/aromatic N) is 1. The van der Waals surface area contributed by atoms with Gasteiger partial charge in [0.05, 0.1) is 11.9 Å². The van der Waals surface area contributed by atoms with Gasteiger partial charge in [0.1, 0.15) is 10.0 Å². The number of anilines is 2. The highest BCUT2D eigenvalue weighted by atomic mass is 79.9. The Bertz CT molecular complexity index is 622. The highest BCUT2D eigenvalue weighted by Crippen LogP contribution is 2.25. The van der Waals surface area contributed by atoms with Gasteiger partial charge in [0, 0.05) is 9.85 Å². The molecule has 0 bridgehead atoms. The minimum absolute atomic E-state index is 0.225. The molecule has 17 heavy (non-hydrogen) atoms. The van der Waals surface area contributed by atoms with Crippen molar-refractivity contribution in [1.29, 1.82) is 0 Å². The Morgan fingerprint density at radius 2 is 2.18 bits per heavy atom. The molecule has 3 N–H and O–H groups in total. The number of halogens is 1. The number of hydrogen-bond acceptors (Lipinski definition) is 5. The Hall–Kier alpha value is -1.12. The number of hydrogen-bond donors (Lipinski definition) is 2. The van der Waals surface area contributed by atoms with Crippen LogP contribution in [0.4, 0.5) is 11.5 Å². The maximum absolute atomic E-state index is 11.9. The predicted molar refractivity (Wildman–Crippen MR) is 71.5 cm³/mol. The molecule has 0 amide bonds. The number of nitrogens with two attached hydrogens (primary N) is 1. The van der Waals surface area contributed by atoms with Gasteiger partial charge in [0.2, 0.25) is 0 Å². The maximum Gasteiger partial charge on any atom is 0.272 e. The molecule has 0 atom stereocenters. The molecule has 0 aliphatic heterocycles. The summed E-state index contributed by atoms with van der Waals surface area (Å²) in [6.45, 7) is 0. The molecule has 0 saturated carbocycles. The molecule has 0 fully saturated rings. The van der Waals surface area contributed by atoms with Crippen molar-refractivity contribution in [2.24, 2.45) is 0 Å². The second kappa shape index (κ2) is 4.63. The average Bonchev–Trinajstić information content (AvgIpc) is 2.69. The summed E-state index contributed by atoms with van der Waals surface area (Å²) >= 11 is 4.33. The van der Waals surface area contributed by atoms with E-state index in [9.17, 15) is 8.42 Å². The molecule has 2 aromatic rings. The van der Waals surface area contributed by atoms with Gasteiger partial charge in [-0.05, 0) is 34.1 Å². The van der Waals surface area contributed by atoms with Gasteiger partial charge in [0.15, 0.2) is 0 Å². The van der Waals surface area contributed by atoms with E-state index in [2.05, 4.69) is 25.6 Å². The Balaban J connectivity index is 2.26. The van der Waals surface area contributed by atoms with Gasteiger partial charge >= 0.3 is 0 Å². The van der Waals surface area contributed by atoms with Crippen molar-refractivity contribution in [1.82, 2.24) is 4.98 Å². The third kappa shape index (κ3) is 2.96. The van der Waals surface area contributed by atoms with Crippen LogP contribution in [-0.2, 0) is 10.0 Å². The molecular weight excluding hydrogens is 326 g/mol. The minimum atomic E-state index is -3.57. The average molecular weight is 334 g/mol. The Labute approximate surface area is 111 Å². The van der Waals surface area contributed by atoms with E-state index in [-0.39, 0.29) is 10.0 Å². The summed E-state index contributed by atoms with van der Waals surface area (Å²) in [5.41, 5.74) is 5.94. The third-order valence-electron chi connectivity index (χ3n) is 1.83. The summed E-state index contributed by atoms with van der Waals surface area (Å²) in [5, 5.41) is 1.70. The zero-order valence-corrected chi connectivity index (χ0v) is 11.6. The smallest absolute Gasteiger partial charge is 0.272 e. The molecule has 5 nitrogen and oxygen atoms in total. The van der Waals surface area contributed by atoms with Crippen molar-refractivity contribution in [3.63, 3.8) is 0 Å². The quantitative estimate of drug-likeness (QED) is 0.902. The lowest BCUT2D eigenvalue weighted by Crippen LogP contribution is -2.12. The van der Waals surface area contributed by atoms with Crippen molar-refractivity contribution < 1.29 is 8.42 Å². The number of rotatable bonds is 3. The van der Waals surface area contributed by atoms with Gasteiger partial charge in [-0.15, -0.1) is 11.3 Å². The second-order valence-electron chi connectivity index (χ2n) is 3.17. The van der Waals surface area contributed by atoms with E-state index in [1.54, 1.807) is 11.4 Å². The maximum atomic E-state index is 11.9. The van der Waals surface area contributed by atoms with E-state index < -0.39 is 10.0 Å². The number of nitrogens with one attached hydrogen (secondary N) is 1. The van der Waals surface area contributed by atoms with Crippen LogP contribution in [0.2, 0.25) is 0 Å². The number of thiophene rings is 1. The Morgan fingerprint density at radius 3 is 2.71 bits per heavy atom. The second-order valence-corrected chi connectivity index (χ2v) is 6.90. The van der Waals surface area contributed by atoms with Crippen LogP contribution in [-0.4, -0.2) is 13.4 Å². The molecule has 0 aliphatic rings. The van der Waals surface area contributed by atoms with Crippen molar-refractivity contribution in [3.05, 3.63) is 34.2 Å². The summed E-state index contributed by atoms with van der Waals surface area (Å²) in [6.07, 6.45) is 1.39. The van der Waals surface area contributed by atoms with E-state index in [0.29, 0.717) is 5.69 Å². The molecule has 90 valence electrons. The number of nitrogen functional groups attached to an aromatic ring is 1. The molecule has 0 saturated heterocycles. The summed E-state index contributed by atoms with van der Waals surface area (Å²) in [6, 6.07) is 4.62. The van der Waals surface area contributed by atoms with Gasteiger partial charge in [-0.25, -0.2) is 13.4 Å². The van der Waals surface area contributed by atoms with E-state index in [1.165, 1.54) is 18.3 Å². The lowest BCUT2D eigenvalue weighted by Gasteiger charge is -2.04. The first-order valence-electron chi connectivity index (χ1n) is 4.46. The molecule has 0 unspecified atom stereocenters. The van der Waals surface area contributed by atoms with Gasteiger partial charge in [0.25, 0.3) is 10.0 Å². The fourth-order valence-corrected chi connectivity index (χ4v) is 3.95. The van der Waals surface area contributed by atoms with Crippen LogP contribution in [0.1, 0.15) is 0 Å². The van der Waals surface area contributed by atoms with Crippen LogP contribution in [0.5, 0.6) is 0 Å². The first-order chi connectivity index (χ1) is 7.97. The largest absolute Gasteiger partial charge is 0.397 e. The van der Waals surface area contributed by atoms with E-state index in [1.807, 2.05) is 0 Å². The lowest BCUT2D eigenvalue weighted by atomic mass is 10.4.